The summed E-state index contributed by atoms with van der Waals surface area (Å²) in [5.41, 5.74) is 0.689. The van der Waals surface area contributed by atoms with Crippen LogP contribution in [0, 0.1) is 10.1 Å². The molecule has 0 saturated heterocycles. The Bertz CT molecular complexity index is 869. The molecule has 9 heteroatoms. The highest BCUT2D eigenvalue weighted by Gasteiger charge is 2.22. The Labute approximate surface area is 166 Å². The molecule has 0 heterocycles. The maximum Gasteiger partial charge on any atom is 0.339 e. The number of nitro benzene ring substituents is 1. The van der Waals surface area contributed by atoms with Crippen molar-refractivity contribution >= 4 is 29.3 Å². The van der Waals surface area contributed by atoms with Crippen molar-refractivity contribution in [2.45, 2.75) is 24.5 Å². The molecule has 0 aromatic heterocycles. The largest absolute Gasteiger partial charge is 0.497 e. The Balaban J connectivity index is 1.96. The molecular weight excluding hydrogens is 384 g/mol. The maximum atomic E-state index is 12.2. The summed E-state index contributed by atoms with van der Waals surface area (Å²) in [4.78, 5) is 35.4. The van der Waals surface area contributed by atoms with Crippen molar-refractivity contribution in [2.24, 2.45) is 0 Å². The van der Waals surface area contributed by atoms with Crippen molar-refractivity contribution in [3.63, 3.8) is 0 Å². The number of methoxy groups -OCH3 is 1. The van der Waals surface area contributed by atoms with E-state index < -0.39 is 22.9 Å². The van der Waals surface area contributed by atoms with Crippen LogP contribution in [-0.2, 0) is 16.1 Å². The zero-order valence-corrected chi connectivity index (χ0v) is 16.4. The van der Waals surface area contributed by atoms with Crippen LogP contribution < -0.4 is 10.1 Å². The summed E-state index contributed by atoms with van der Waals surface area (Å²) in [5, 5.41) is 13.8. The molecule has 8 nitrogen and oxygen atoms in total. The summed E-state index contributed by atoms with van der Waals surface area (Å²) in [6.45, 7) is 1.70. The van der Waals surface area contributed by atoms with Gasteiger partial charge in [-0.15, -0.1) is 11.8 Å². The topological polar surface area (TPSA) is 108 Å². The molecular formula is C19H20N2O6S. The lowest BCUT2D eigenvalue weighted by molar-refractivity contribution is -0.387. The Morgan fingerprint density at radius 1 is 1.21 bits per heavy atom. The van der Waals surface area contributed by atoms with E-state index in [0.29, 0.717) is 10.6 Å². The van der Waals surface area contributed by atoms with E-state index in [9.17, 15) is 19.7 Å². The van der Waals surface area contributed by atoms with E-state index in [1.54, 1.807) is 25.5 Å². The third kappa shape index (κ3) is 5.46. The minimum atomic E-state index is -1.05. The predicted octanol–water partition coefficient (Wildman–Crippen LogP) is 3.19. The first-order chi connectivity index (χ1) is 13.3. The molecule has 0 aliphatic heterocycles. The number of hydrogen-bond acceptors (Lipinski definition) is 7. The molecule has 2 aromatic carbocycles. The molecule has 1 amide bonds. The van der Waals surface area contributed by atoms with Crippen LogP contribution in [-0.4, -0.2) is 36.3 Å². The maximum absolute atomic E-state index is 12.2. The van der Waals surface area contributed by atoms with Crippen LogP contribution in [0.25, 0.3) is 0 Å². The molecule has 1 atom stereocenters. The molecule has 1 N–H and O–H groups in total. The molecule has 2 rings (SSSR count). The lowest BCUT2D eigenvalue weighted by Gasteiger charge is -2.14. The molecule has 0 saturated carbocycles. The number of nitrogens with one attached hydrogen (secondary N) is 1. The van der Waals surface area contributed by atoms with Crippen molar-refractivity contribution in [3.8, 4) is 5.75 Å². The predicted molar refractivity (Wildman–Crippen MR) is 105 cm³/mol. The lowest BCUT2D eigenvalue weighted by atomic mass is 10.2. The van der Waals surface area contributed by atoms with E-state index in [1.807, 2.05) is 12.1 Å². The summed E-state index contributed by atoms with van der Waals surface area (Å²) >= 11 is 1.20. The average molecular weight is 404 g/mol. The van der Waals surface area contributed by atoms with Gasteiger partial charge in [0.15, 0.2) is 6.10 Å². The minimum Gasteiger partial charge on any atom is -0.497 e. The second kappa shape index (κ2) is 9.75. The smallest absolute Gasteiger partial charge is 0.339 e. The average Bonchev–Trinajstić information content (AvgIpc) is 2.71. The lowest BCUT2D eigenvalue weighted by Crippen LogP contribution is -2.35. The zero-order valence-electron chi connectivity index (χ0n) is 15.6. The normalized spacial score (nSPS) is 11.4. The molecule has 148 valence electrons. The first kappa shape index (κ1) is 21.2. The van der Waals surface area contributed by atoms with Crippen LogP contribution in [0.4, 0.5) is 5.69 Å². The van der Waals surface area contributed by atoms with Gasteiger partial charge in [0.25, 0.3) is 11.6 Å². The summed E-state index contributed by atoms with van der Waals surface area (Å²) in [6, 6.07) is 11.2. The zero-order chi connectivity index (χ0) is 20.7. The number of thioether (sulfide) groups is 1. The number of nitro groups is 1. The van der Waals surface area contributed by atoms with Crippen LogP contribution in [0.2, 0.25) is 0 Å². The quantitative estimate of drug-likeness (QED) is 0.311. The Morgan fingerprint density at radius 3 is 2.46 bits per heavy atom. The van der Waals surface area contributed by atoms with Crippen molar-refractivity contribution in [1.29, 1.82) is 0 Å². The molecule has 0 fully saturated rings. The highest BCUT2D eigenvalue weighted by Crippen LogP contribution is 2.28. The van der Waals surface area contributed by atoms with Gasteiger partial charge in [0, 0.05) is 12.6 Å². The van der Waals surface area contributed by atoms with Gasteiger partial charge in [0.2, 0.25) is 0 Å². The summed E-state index contributed by atoms with van der Waals surface area (Å²) < 4.78 is 10.2. The van der Waals surface area contributed by atoms with Crippen LogP contribution in [0.1, 0.15) is 22.8 Å². The van der Waals surface area contributed by atoms with Crippen LogP contribution in [0.5, 0.6) is 5.75 Å². The van der Waals surface area contributed by atoms with Crippen LogP contribution in [0.3, 0.4) is 0 Å². The number of ether oxygens (including phenoxy) is 2. The Hall–Kier alpha value is -3.07. The first-order valence-corrected chi connectivity index (χ1v) is 9.52. The number of esters is 1. The number of carbonyl (C=O) groups excluding carboxylic acids is 2. The van der Waals surface area contributed by atoms with Gasteiger partial charge >= 0.3 is 5.97 Å². The van der Waals surface area contributed by atoms with Crippen molar-refractivity contribution in [3.05, 3.63) is 63.7 Å². The van der Waals surface area contributed by atoms with Gasteiger partial charge in [-0.05, 0) is 43.0 Å². The van der Waals surface area contributed by atoms with Crippen molar-refractivity contribution in [2.75, 3.05) is 13.4 Å². The molecule has 0 unspecified atom stereocenters. The number of benzene rings is 2. The number of hydrogen-bond donors (Lipinski definition) is 1. The molecule has 0 aliphatic carbocycles. The SMILES string of the molecule is COc1ccc(CNC(=O)[C@H](C)OC(=O)c2ccc(SC)c([N+](=O)[O-])c2)cc1. The van der Waals surface area contributed by atoms with E-state index in [2.05, 4.69) is 5.32 Å². The Kier molecular flexibility index (Phi) is 7.39. The van der Waals surface area contributed by atoms with Crippen molar-refractivity contribution in [1.82, 2.24) is 5.32 Å². The van der Waals surface area contributed by atoms with E-state index in [1.165, 1.54) is 30.8 Å². The van der Waals surface area contributed by atoms with Gasteiger partial charge in [-0.25, -0.2) is 4.79 Å². The van der Waals surface area contributed by atoms with E-state index in [-0.39, 0.29) is 17.8 Å². The minimum absolute atomic E-state index is 0.0132. The summed E-state index contributed by atoms with van der Waals surface area (Å²) in [6.07, 6.45) is 0.653. The molecule has 2 aromatic rings. The van der Waals surface area contributed by atoms with E-state index in [0.717, 1.165) is 11.6 Å². The number of amides is 1. The first-order valence-electron chi connectivity index (χ1n) is 8.29. The van der Waals surface area contributed by atoms with Gasteiger partial charge in [-0.1, -0.05) is 12.1 Å². The van der Waals surface area contributed by atoms with Gasteiger partial charge in [0.05, 0.1) is 22.5 Å². The standard InChI is InChI=1S/C19H20N2O6S/c1-12(18(22)20-11-13-4-7-15(26-2)8-5-13)27-19(23)14-6-9-17(28-3)16(10-14)21(24)25/h4-10,12H,11H2,1-3H3,(H,20,22)/t12-/m0/s1. The number of rotatable bonds is 8. The molecule has 0 aliphatic rings. The van der Waals surface area contributed by atoms with Gasteiger partial charge in [-0.3, -0.25) is 14.9 Å². The fourth-order valence-corrected chi connectivity index (χ4v) is 2.86. The third-order valence-electron chi connectivity index (χ3n) is 3.89. The van der Waals surface area contributed by atoms with Crippen LogP contribution in [0.15, 0.2) is 47.4 Å². The summed E-state index contributed by atoms with van der Waals surface area (Å²) in [7, 11) is 1.57. The molecule has 0 bridgehead atoms. The fourth-order valence-electron chi connectivity index (χ4n) is 2.32. The highest BCUT2D eigenvalue weighted by molar-refractivity contribution is 7.98. The summed E-state index contributed by atoms with van der Waals surface area (Å²) in [5.74, 6) is -0.568. The number of nitrogens with zero attached hydrogens (tertiary/aromatic N) is 1. The van der Waals surface area contributed by atoms with Crippen molar-refractivity contribution < 1.29 is 24.0 Å². The molecule has 0 spiro atoms. The van der Waals surface area contributed by atoms with Gasteiger partial charge in [0.1, 0.15) is 5.75 Å². The second-order valence-corrected chi connectivity index (χ2v) is 6.61. The van der Waals surface area contributed by atoms with E-state index >= 15 is 0 Å². The van der Waals surface area contributed by atoms with Gasteiger partial charge < -0.3 is 14.8 Å². The molecule has 0 radical (unpaired) electrons. The number of carbonyl (C=O) groups is 2. The third-order valence-corrected chi connectivity index (χ3v) is 4.68. The monoisotopic (exact) mass is 404 g/mol. The van der Waals surface area contributed by atoms with Gasteiger partial charge in [-0.2, -0.15) is 0 Å². The Morgan fingerprint density at radius 2 is 1.89 bits per heavy atom. The fraction of sp³-hybridized carbons (Fsp3) is 0.263. The van der Waals surface area contributed by atoms with E-state index in [4.69, 9.17) is 9.47 Å². The highest BCUT2D eigenvalue weighted by atomic mass is 32.2. The van der Waals surface area contributed by atoms with Crippen LogP contribution >= 0.6 is 11.8 Å². The second-order valence-electron chi connectivity index (χ2n) is 5.76. The molecule has 28 heavy (non-hydrogen) atoms.